The molecule has 5 unspecified atom stereocenters. The second kappa shape index (κ2) is 15.8. The van der Waals surface area contributed by atoms with E-state index in [0.717, 1.165) is 0 Å². The van der Waals surface area contributed by atoms with E-state index in [1.807, 2.05) is 0 Å². The summed E-state index contributed by atoms with van der Waals surface area (Å²) in [5, 5.41) is 26.0. The van der Waals surface area contributed by atoms with Crippen molar-refractivity contribution in [3.8, 4) is 0 Å². The number of carboxylic acid groups (broad SMARTS) is 1. The van der Waals surface area contributed by atoms with Crippen molar-refractivity contribution in [1.29, 1.82) is 0 Å². The number of carboxylic acids is 1. The average Bonchev–Trinajstić information content (AvgIpc) is 2.73. The van der Waals surface area contributed by atoms with Gasteiger partial charge >= 0.3 is 5.97 Å². The summed E-state index contributed by atoms with van der Waals surface area (Å²) in [5.74, 6) is -3.53. The van der Waals surface area contributed by atoms with Gasteiger partial charge in [-0.25, -0.2) is 0 Å². The molecule has 0 spiro atoms. The zero-order valence-corrected chi connectivity index (χ0v) is 19.1. The third-order valence-corrected chi connectivity index (χ3v) is 4.68. The standard InChI is InChI=1S/C19H38N8O6/c1-10(18(32)33)25-17(31)14(11(2)28)27-16(30)13(7-3-4-8-20)26-15(29)12(21)6-5-9-24-19(22)23/h10-14,28H,3-9,20-21H2,1-2H3,(H,25,31)(H,26,29)(H,27,30)(H,32,33)(H4,22,23,24). The van der Waals surface area contributed by atoms with Crippen molar-refractivity contribution < 1.29 is 29.4 Å². The number of hydrogen-bond donors (Lipinski definition) is 9. The van der Waals surface area contributed by atoms with Crippen LogP contribution >= 0.6 is 0 Å². The Labute approximate surface area is 192 Å². The van der Waals surface area contributed by atoms with Crippen LogP contribution < -0.4 is 38.9 Å². The average molecular weight is 475 g/mol. The molecule has 0 aliphatic carbocycles. The van der Waals surface area contributed by atoms with Gasteiger partial charge in [0.15, 0.2) is 5.96 Å². The third-order valence-electron chi connectivity index (χ3n) is 4.68. The number of unbranched alkanes of at least 4 members (excludes halogenated alkanes) is 1. The predicted molar refractivity (Wildman–Crippen MR) is 122 cm³/mol. The number of carbonyl (C=O) groups excluding carboxylic acids is 3. The molecule has 14 heteroatoms. The van der Waals surface area contributed by atoms with Gasteiger partial charge in [0.2, 0.25) is 17.7 Å². The molecular formula is C19H38N8O6. The van der Waals surface area contributed by atoms with Crippen LogP contribution in [0.3, 0.4) is 0 Å². The van der Waals surface area contributed by atoms with Crippen molar-refractivity contribution >= 4 is 29.7 Å². The molecule has 0 rings (SSSR count). The third kappa shape index (κ3) is 12.6. The summed E-state index contributed by atoms with van der Waals surface area (Å²) in [4.78, 5) is 52.4. The maximum atomic E-state index is 12.8. The number of aliphatic hydroxyl groups excluding tert-OH is 1. The number of aliphatic imine (C=N–C) groups is 1. The van der Waals surface area contributed by atoms with Crippen molar-refractivity contribution in [2.24, 2.45) is 27.9 Å². The normalized spacial score (nSPS) is 15.3. The van der Waals surface area contributed by atoms with Gasteiger partial charge in [-0.05, 0) is 52.5 Å². The first-order valence-corrected chi connectivity index (χ1v) is 10.7. The highest BCUT2D eigenvalue weighted by molar-refractivity contribution is 5.94. The highest BCUT2D eigenvalue weighted by Gasteiger charge is 2.31. The van der Waals surface area contributed by atoms with Crippen LogP contribution in [0.15, 0.2) is 4.99 Å². The lowest BCUT2D eigenvalue weighted by molar-refractivity contribution is -0.142. The van der Waals surface area contributed by atoms with E-state index in [2.05, 4.69) is 20.9 Å². The van der Waals surface area contributed by atoms with E-state index in [9.17, 15) is 24.3 Å². The maximum Gasteiger partial charge on any atom is 0.325 e. The van der Waals surface area contributed by atoms with Crippen LogP contribution in [0.5, 0.6) is 0 Å². The lowest BCUT2D eigenvalue weighted by Gasteiger charge is -2.26. The lowest BCUT2D eigenvalue weighted by Crippen LogP contribution is -2.59. The lowest BCUT2D eigenvalue weighted by atomic mass is 10.0. The van der Waals surface area contributed by atoms with Crippen LogP contribution in [0.4, 0.5) is 0 Å². The van der Waals surface area contributed by atoms with Crippen molar-refractivity contribution in [1.82, 2.24) is 16.0 Å². The minimum Gasteiger partial charge on any atom is -0.480 e. The van der Waals surface area contributed by atoms with Gasteiger partial charge in [-0.1, -0.05) is 0 Å². The van der Waals surface area contributed by atoms with E-state index in [0.29, 0.717) is 32.4 Å². The Morgan fingerprint density at radius 3 is 2.06 bits per heavy atom. The first-order valence-electron chi connectivity index (χ1n) is 10.7. The molecular weight excluding hydrogens is 436 g/mol. The fraction of sp³-hybridized carbons (Fsp3) is 0.737. The number of amides is 3. The molecule has 0 aromatic carbocycles. The number of carbonyl (C=O) groups is 4. The number of hydrogen-bond acceptors (Lipinski definition) is 8. The Morgan fingerprint density at radius 1 is 0.909 bits per heavy atom. The number of aliphatic hydroxyl groups is 1. The van der Waals surface area contributed by atoms with E-state index in [1.54, 1.807) is 0 Å². The second-order valence-electron chi connectivity index (χ2n) is 7.70. The largest absolute Gasteiger partial charge is 0.480 e. The van der Waals surface area contributed by atoms with Gasteiger partial charge in [-0.15, -0.1) is 0 Å². The smallest absolute Gasteiger partial charge is 0.325 e. The number of nitrogens with zero attached hydrogens (tertiary/aromatic N) is 1. The molecule has 0 aromatic rings. The van der Waals surface area contributed by atoms with Crippen LogP contribution in [0, 0.1) is 0 Å². The summed E-state index contributed by atoms with van der Waals surface area (Å²) in [7, 11) is 0. The minimum atomic E-state index is -1.43. The number of rotatable bonds is 16. The van der Waals surface area contributed by atoms with Gasteiger partial charge in [0.25, 0.3) is 0 Å². The molecule has 0 bridgehead atoms. The Hall–Kier alpha value is -2.97. The molecule has 0 aromatic heterocycles. The Kier molecular flexibility index (Phi) is 14.4. The van der Waals surface area contributed by atoms with E-state index in [-0.39, 0.29) is 18.8 Å². The minimum absolute atomic E-state index is 0.0703. The quantitative estimate of drug-likeness (QED) is 0.0603. The van der Waals surface area contributed by atoms with Crippen LogP contribution in [0.25, 0.3) is 0 Å². The first-order chi connectivity index (χ1) is 15.4. The van der Waals surface area contributed by atoms with Gasteiger partial charge < -0.3 is 49.1 Å². The van der Waals surface area contributed by atoms with Crippen LogP contribution in [-0.2, 0) is 19.2 Å². The molecule has 0 heterocycles. The number of nitrogens with two attached hydrogens (primary N) is 4. The van der Waals surface area contributed by atoms with Crippen LogP contribution in [0.1, 0.15) is 46.0 Å². The Morgan fingerprint density at radius 2 is 1.55 bits per heavy atom. The highest BCUT2D eigenvalue weighted by Crippen LogP contribution is 2.05. The Bertz CT molecular complexity index is 683. The van der Waals surface area contributed by atoms with Crippen LogP contribution in [-0.4, -0.2) is 83.2 Å². The molecule has 0 saturated carbocycles. The van der Waals surface area contributed by atoms with E-state index in [1.165, 1.54) is 13.8 Å². The zero-order valence-electron chi connectivity index (χ0n) is 19.1. The van der Waals surface area contributed by atoms with Gasteiger partial charge in [0.1, 0.15) is 18.1 Å². The maximum absolute atomic E-state index is 12.8. The number of nitrogens with one attached hydrogen (secondary N) is 3. The summed E-state index contributed by atoms with van der Waals surface area (Å²) < 4.78 is 0. The van der Waals surface area contributed by atoms with Gasteiger partial charge in [0.05, 0.1) is 12.1 Å². The summed E-state index contributed by atoms with van der Waals surface area (Å²) in [5.41, 5.74) is 21.9. The fourth-order valence-electron chi connectivity index (χ4n) is 2.71. The molecule has 0 radical (unpaired) electrons. The molecule has 14 nitrogen and oxygen atoms in total. The van der Waals surface area contributed by atoms with E-state index < -0.39 is 54.0 Å². The summed E-state index contributed by atoms with van der Waals surface area (Å²) in [6.45, 7) is 3.19. The molecule has 0 fully saturated rings. The molecule has 5 atom stereocenters. The topological polar surface area (TPSA) is 261 Å². The fourth-order valence-corrected chi connectivity index (χ4v) is 2.71. The van der Waals surface area contributed by atoms with Crippen molar-refractivity contribution in [3.05, 3.63) is 0 Å². The van der Waals surface area contributed by atoms with Gasteiger partial charge in [0, 0.05) is 6.54 Å². The molecule has 190 valence electrons. The highest BCUT2D eigenvalue weighted by atomic mass is 16.4. The summed E-state index contributed by atoms with van der Waals surface area (Å²) >= 11 is 0. The van der Waals surface area contributed by atoms with Gasteiger partial charge in [-0.3, -0.25) is 24.2 Å². The van der Waals surface area contributed by atoms with E-state index in [4.69, 9.17) is 28.0 Å². The molecule has 0 saturated heterocycles. The predicted octanol–water partition coefficient (Wildman–Crippen LogP) is -3.56. The zero-order chi connectivity index (χ0) is 25.6. The van der Waals surface area contributed by atoms with Crippen molar-refractivity contribution in [3.63, 3.8) is 0 Å². The van der Waals surface area contributed by atoms with E-state index >= 15 is 0 Å². The monoisotopic (exact) mass is 474 g/mol. The molecule has 13 N–H and O–H groups in total. The molecule has 3 amide bonds. The number of guanidine groups is 1. The SMILES string of the molecule is CC(NC(=O)C(NC(=O)C(CCCCN)NC(=O)C(N)CCCN=C(N)N)C(C)O)C(=O)O. The van der Waals surface area contributed by atoms with Crippen LogP contribution in [0.2, 0.25) is 0 Å². The molecule has 0 aliphatic rings. The second-order valence-corrected chi connectivity index (χ2v) is 7.70. The first kappa shape index (κ1) is 30.0. The molecule has 33 heavy (non-hydrogen) atoms. The Balaban J connectivity index is 5.19. The summed E-state index contributed by atoms with van der Waals surface area (Å²) in [6.07, 6.45) is 0.716. The van der Waals surface area contributed by atoms with Gasteiger partial charge in [-0.2, -0.15) is 0 Å². The van der Waals surface area contributed by atoms with Crippen molar-refractivity contribution in [2.45, 2.75) is 76.2 Å². The molecule has 0 aliphatic heterocycles. The summed E-state index contributed by atoms with van der Waals surface area (Å²) in [6, 6.07) is -4.62. The van der Waals surface area contributed by atoms with Crippen molar-refractivity contribution in [2.75, 3.05) is 13.1 Å². The number of aliphatic carboxylic acids is 1.